The molecule has 0 aliphatic carbocycles. The number of benzene rings is 2. The SMILES string of the molecule is COc1c(C(C)(C)C)cc(-c2ncc(C3CCN(C(=O)CN4CCN(c5ccccc5)C4=O)CC3)s2)cc1C(C)(C)C. The Kier molecular flexibility index (Phi) is 8.39. The number of amides is 3. The lowest BCUT2D eigenvalue weighted by Crippen LogP contribution is -2.45. The highest BCUT2D eigenvalue weighted by molar-refractivity contribution is 7.15. The van der Waals surface area contributed by atoms with Gasteiger partial charge in [-0.3, -0.25) is 9.69 Å². The largest absolute Gasteiger partial charge is 0.496 e. The number of ether oxygens (including phenoxy) is 1. The molecule has 1 aromatic heterocycles. The molecule has 5 rings (SSSR count). The Morgan fingerprint density at radius 3 is 2.14 bits per heavy atom. The van der Waals surface area contributed by atoms with E-state index in [0.717, 1.165) is 34.8 Å². The zero-order valence-corrected chi connectivity index (χ0v) is 26.9. The molecule has 3 heterocycles. The molecule has 2 fully saturated rings. The van der Waals surface area contributed by atoms with E-state index < -0.39 is 0 Å². The van der Waals surface area contributed by atoms with Crippen LogP contribution in [0.15, 0.2) is 48.7 Å². The van der Waals surface area contributed by atoms with Gasteiger partial charge in [-0.2, -0.15) is 0 Å². The van der Waals surface area contributed by atoms with Gasteiger partial charge in [-0.05, 0) is 53.9 Å². The van der Waals surface area contributed by atoms with Crippen molar-refractivity contribution in [2.24, 2.45) is 0 Å². The molecule has 0 radical (unpaired) electrons. The topological polar surface area (TPSA) is 66.0 Å². The molecular weight excluding hydrogens is 544 g/mol. The Morgan fingerprint density at radius 2 is 1.57 bits per heavy atom. The van der Waals surface area contributed by atoms with Gasteiger partial charge in [0.15, 0.2) is 0 Å². The summed E-state index contributed by atoms with van der Waals surface area (Å²) in [5, 5.41) is 1.03. The number of nitrogens with zero attached hydrogens (tertiary/aromatic N) is 4. The molecule has 3 amide bonds. The summed E-state index contributed by atoms with van der Waals surface area (Å²) < 4.78 is 5.95. The second kappa shape index (κ2) is 11.7. The molecule has 0 N–H and O–H groups in total. The Balaban J connectivity index is 1.24. The molecule has 224 valence electrons. The number of urea groups is 1. The van der Waals surface area contributed by atoms with E-state index in [2.05, 4.69) is 53.7 Å². The first-order valence-electron chi connectivity index (χ1n) is 14.9. The number of aromatic nitrogens is 1. The van der Waals surface area contributed by atoms with Gasteiger partial charge in [0, 0.05) is 59.6 Å². The maximum absolute atomic E-state index is 13.1. The highest BCUT2D eigenvalue weighted by Gasteiger charge is 2.33. The number of para-hydroxylation sites is 1. The monoisotopic (exact) mass is 588 g/mol. The number of carbonyl (C=O) groups excluding carboxylic acids is 2. The zero-order valence-electron chi connectivity index (χ0n) is 26.1. The predicted molar refractivity (Wildman–Crippen MR) is 171 cm³/mol. The van der Waals surface area contributed by atoms with Crippen molar-refractivity contribution in [2.75, 3.05) is 44.7 Å². The molecule has 0 unspecified atom stereocenters. The third-order valence-corrected chi connectivity index (χ3v) is 9.63. The number of methoxy groups -OCH3 is 1. The van der Waals surface area contributed by atoms with Crippen molar-refractivity contribution in [3.05, 3.63) is 64.7 Å². The van der Waals surface area contributed by atoms with Crippen LogP contribution in [-0.4, -0.2) is 66.6 Å². The van der Waals surface area contributed by atoms with Crippen molar-refractivity contribution in [3.63, 3.8) is 0 Å². The van der Waals surface area contributed by atoms with Crippen molar-refractivity contribution in [1.29, 1.82) is 0 Å². The molecule has 0 saturated carbocycles. The quantitative estimate of drug-likeness (QED) is 0.309. The van der Waals surface area contributed by atoms with Gasteiger partial charge in [0.25, 0.3) is 0 Å². The van der Waals surface area contributed by atoms with E-state index in [1.54, 1.807) is 28.2 Å². The summed E-state index contributed by atoms with van der Waals surface area (Å²) in [4.78, 5) is 37.6. The fourth-order valence-corrected chi connectivity index (χ4v) is 7.02. The third-order valence-electron chi connectivity index (χ3n) is 8.42. The normalized spacial score (nSPS) is 16.8. The fraction of sp³-hybridized carbons (Fsp3) is 0.500. The van der Waals surface area contributed by atoms with E-state index in [4.69, 9.17) is 9.72 Å². The predicted octanol–water partition coefficient (Wildman–Crippen LogP) is 7.06. The first kappa shape index (κ1) is 30.1. The van der Waals surface area contributed by atoms with Crippen LogP contribution in [-0.2, 0) is 15.6 Å². The third kappa shape index (κ3) is 6.19. The molecule has 3 aromatic rings. The summed E-state index contributed by atoms with van der Waals surface area (Å²) in [6, 6.07) is 14.1. The number of hydrogen-bond donors (Lipinski definition) is 0. The first-order chi connectivity index (χ1) is 19.9. The number of rotatable bonds is 6. The summed E-state index contributed by atoms with van der Waals surface area (Å²) in [5.74, 6) is 1.38. The van der Waals surface area contributed by atoms with Crippen LogP contribution >= 0.6 is 11.3 Å². The van der Waals surface area contributed by atoms with E-state index in [0.29, 0.717) is 32.1 Å². The molecule has 0 bridgehead atoms. The Morgan fingerprint density at radius 1 is 0.952 bits per heavy atom. The second-order valence-electron chi connectivity index (χ2n) is 13.5. The molecule has 0 spiro atoms. The molecule has 0 atom stereocenters. The number of carbonyl (C=O) groups is 2. The molecule has 42 heavy (non-hydrogen) atoms. The van der Waals surface area contributed by atoms with Crippen molar-refractivity contribution < 1.29 is 14.3 Å². The minimum absolute atomic E-state index is 0.0318. The summed E-state index contributed by atoms with van der Waals surface area (Å²) in [6.07, 6.45) is 3.84. The van der Waals surface area contributed by atoms with Crippen LogP contribution in [0.25, 0.3) is 10.6 Å². The highest BCUT2D eigenvalue weighted by Crippen LogP contribution is 2.44. The summed E-state index contributed by atoms with van der Waals surface area (Å²) >= 11 is 1.77. The summed E-state index contributed by atoms with van der Waals surface area (Å²) in [5.41, 5.74) is 4.26. The van der Waals surface area contributed by atoms with Crippen LogP contribution < -0.4 is 9.64 Å². The zero-order chi connectivity index (χ0) is 30.2. The van der Waals surface area contributed by atoms with Crippen LogP contribution in [0, 0.1) is 0 Å². The van der Waals surface area contributed by atoms with Crippen LogP contribution in [0.3, 0.4) is 0 Å². The van der Waals surface area contributed by atoms with Gasteiger partial charge in [-0.15, -0.1) is 11.3 Å². The minimum atomic E-state index is -0.0932. The Hall–Kier alpha value is -3.39. The Labute approximate surface area is 254 Å². The van der Waals surface area contributed by atoms with Gasteiger partial charge in [-0.1, -0.05) is 59.7 Å². The van der Waals surface area contributed by atoms with E-state index in [1.807, 2.05) is 41.4 Å². The van der Waals surface area contributed by atoms with Crippen LogP contribution in [0.1, 0.15) is 76.3 Å². The molecule has 2 aliphatic heterocycles. The molecule has 2 saturated heterocycles. The maximum atomic E-state index is 13.1. The van der Waals surface area contributed by atoms with Crippen molar-refractivity contribution in [3.8, 4) is 16.3 Å². The molecule has 2 aromatic carbocycles. The average molecular weight is 589 g/mol. The van der Waals surface area contributed by atoms with E-state index in [1.165, 1.54) is 16.0 Å². The van der Waals surface area contributed by atoms with Gasteiger partial charge in [0.1, 0.15) is 17.3 Å². The Bertz CT molecular complexity index is 1390. The fourth-order valence-electron chi connectivity index (χ4n) is 5.95. The summed E-state index contributed by atoms with van der Waals surface area (Å²) in [7, 11) is 1.76. The molecular formula is C34H44N4O3S. The number of piperidine rings is 1. The second-order valence-corrected chi connectivity index (χ2v) is 14.6. The number of hydrogen-bond acceptors (Lipinski definition) is 5. The minimum Gasteiger partial charge on any atom is -0.496 e. The summed E-state index contributed by atoms with van der Waals surface area (Å²) in [6.45, 7) is 16.1. The van der Waals surface area contributed by atoms with E-state index in [9.17, 15) is 9.59 Å². The van der Waals surface area contributed by atoms with Crippen molar-refractivity contribution in [2.45, 2.75) is 71.1 Å². The van der Waals surface area contributed by atoms with Gasteiger partial charge in [0.05, 0.1) is 7.11 Å². The smallest absolute Gasteiger partial charge is 0.325 e. The average Bonchev–Trinajstić information content (AvgIpc) is 3.59. The van der Waals surface area contributed by atoms with Crippen molar-refractivity contribution >= 4 is 29.0 Å². The highest BCUT2D eigenvalue weighted by atomic mass is 32.1. The molecule has 7 nitrogen and oxygen atoms in total. The lowest BCUT2D eigenvalue weighted by atomic mass is 9.78. The van der Waals surface area contributed by atoms with Crippen LogP contribution in [0.5, 0.6) is 5.75 Å². The van der Waals surface area contributed by atoms with E-state index in [-0.39, 0.29) is 29.3 Å². The number of thiazole rings is 1. The van der Waals surface area contributed by atoms with Crippen molar-refractivity contribution in [1.82, 2.24) is 14.8 Å². The number of likely N-dealkylation sites (tertiary alicyclic amines) is 1. The van der Waals surface area contributed by atoms with Crippen LogP contribution in [0.4, 0.5) is 10.5 Å². The lowest BCUT2D eigenvalue weighted by molar-refractivity contribution is -0.132. The van der Waals surface area contributed by atoms with E-state index >= 15 is 0 Å². The molecule has 2 aliphatic rings. The standard InChI is InChI=1S/C34H44N4O3S/c1-33(2,3)26-19-24(20-27(30(26)41-7)34(4,5)6)31-35-21-28(42-31)23-13-15-36(16-14-23)29(39)22-37-17-18-38(32(37)40)25-11-9-8-10-12-25/h8-12,19-21,23H,13-18,22H2,1-7H3. The first-order valence-corrected chi connectivity index (χ1v) is 15.8. The van der Waals surface area contributed by atoms with Gasteiger partial charge < -0.3 is 14.5 Å². The lowest BCUT2D eigenvalue weighted by Gasteiger charge is -2.32. The van der Waals surface area contributed by atoms with Gasteiger partial charge >= 0.3 is 6.03 Å². The number of anilines is 1. The van der Waals surface area contributed by atoms with Gasteiger partial charge in [0.2, 0.25) is 5.91 Å². The van der Waals surface area contributed by atoms with Crippen LogP contribution in [0.2, 0.25) is 0 Å². The molecule has 8 heteroatoms. The maximum Gasteiger partial charge on any atom is 0.325 e. The van der Waals surface area contributed by atoms with Gasteiger partial charge in [-0.25, -0.2) is 9.78 Å².